The molecular weight excluding hydrogens is 564 g/mol. The van der Waals surface area contributed by atoms with Gasteiger partial charge in [0.05, 0.1) is 0 Å². The van der Waals surface area contributed by atoms with Crippen LogP contribution < -0.4 is 24.8 Å². The predicted molar refractivity (Wildman–Crippen MR) is 201 cm³/mol. The summed E-state index contributed by atoms with van der Waals surface area (Å²) >= 11 is 0. The minimum absolute atomic E-state index is 0.0941. The van der Waals surface area contributed by atoms with Crippen LogP contribution in [-0.2, 0) is 6.42 Å². The van der Waals surface area contributed by atoms with Crippen LogP contribution in [0.4, 0.5) is 22.7 Å². The molecule has 0 unspecified atom stereocenters. The molecule has 5 heteroatoms. The van der Waals surface area contributed by atoms with Gasteiger partial charge in [-0.25, -0.2) is 0 Å². The molecule has 1 N–H and O–H groups in total. The molecule has 0 aromatic heterocycles. The largest absolute Gasteiger partial charge is 0.492 e. The molecule has 246 valence electrons. The summed E-state index contributed by atoms with van der Waals surface area (Å²) in [6.45, 7) is 22.7. The summed E-state index contributed by atoms with van der Waals surface area (Å²) in [6, 6.07) is 33.8. The van der Waals surface area contributed by atoms with E-state index in [1.54, 1.807) is 0 Å². The smallest absolute Gasteiger partial charge is 0.121 e. The van der Waals surface area contributed by atoms with Gasteiger partial charge in [-0.2, -0.15) is 0 Å². The maximum Gasteiger partial charge on any atom is 0.121 e. The van der Waals surface area contributed by atoms with E-state index in [0.29, 0.717) is 13.2 Å². The molecule has 0 fully saturated rings. The average Bonchev–Trinajstić information content (AvgIpc) is 3.10. The SMILES string of the molecule is CCc1ccc(C(c2ccc(N(CC)CC)cc2)c2ccc(N(CC)CC)cc2)c(NCCOc2cccc(N(CC)CC)c2)c1. The van der Waals surface area contributed by atoms with E-state index in [0.717, 1.165) is 51.4 Å². The molecule has 0 amide bonds. The van der Waals surface area contributed by atoms with E-state index in [9.17, 15) is 0 Å². The van der Waals surface area contributed by atoms with Crippen LogP contribution in [0.1, 0.15) is 76.6 Å². The van der Waals surface area contributed by atoms with E-state index < -0.39 is 0 Å². The maximum absolute atomic E-state index is 6.25. The summed E-state index contributed by atoms with van der Waals surface area (Å²) in [6.07, 6.45) is 0.991. The van der Waals surface area contributed by atoms with Crippen molar-refractivity contribution in [2.75, 3.05) is 72.4 Å². The van der Waals surface area contributed by atoms with E-state index in [1.807, 2.05) is 0 Å². The summed E-state index contributed by atoms with van der Waals surface area (Å²) in [4.78, 5) is 7.15. The molecule has 46 heavy (non-hydrogen) atoms. The van der Waals surface area contributed by atoms with Crippen LogP contribution in [0.15, 0.2) is 91.0 Å². The van der Waals surface area contributed by atoms with Crippen molar-refractivity contribution in [3.8, 4) is 5.75 Å². The van der Waals surface area contributed by atoms with Crippen LogP contribution in [0.3, 0.4) is 0 Å². The average molecular weight is 621 g/mol. The van der Waals surface area contributed by atoms with Gasteiger partial charge >= 0.3 is 0 Å². The van der Waals surface area contributed by atoms with Gasteiger partial charge < -0.3 is 24.8 Å². The first-order valence-electron chi connectivity index (χ1n) is 17.5. The van der Waals surface area contributed by atoms with Gasteiger partial charge in [0.2, 0.25) is 0 Å². The second kappa shape index (κ2) is 17.5. The van der Waals surface area contributed by atoms with E-state index in [-0.39, 0.29) is 5.92 Å². The third-order valence-electron chi connectivity index (χ3n) is 9.18. The number of ether oxygens (including phenoxy) is 1. The standard InChI is InChI=1S/C41H56N4O/c1-8-32-18-27-39(40(30-32)42-28-29-46-38-17-15-16-37(31-38)45(13-6)14-7)41(33-19-23-35(24-20-33)43(9-2)10-3)34-21-25-36(26-22-34)44(11-4)12-5/h15-27,30-31,41-42H,8-14,28-29H2,1-7H3. The second-order valence-corrected chi connectivity index (χ2v) is 11.7. The van der Waals surface area contributed by atoms with Crippen LogP contribution in [0.5, 0.6) is 5.75 Å². The molecule has 0 bridgehead atoms. The van der Waals surface area contributed by atoms with Gasteiger partial charge in [-0.3, -0.25) is 0 Å². The van der Waals surface area contributed by atoms with Crippen LogP contribution in [-0.4, -0.2) is 52.4 Å². The summed E-state index contributed by atoms with van der Waals surface area (Å²) in [7, 11) is 0. The topological polar surface area (TPSA) is 31.0 Å². The van der Waals surface area contributed by atoms with Gasteiger partial charge in [-0.05, 0) is 113 Å². The first kappa shape index (κ1) is 34.7. The van der Waals surface area contributed by atoms with Crippen molar-refractivity contribution in [2.45, 2.75) is 60.8 Å². The molecule has 0 aliphatic heterocycles. The van der Waals surface area contributed by atoms with E-state index in [2.05, 4.69) is 159 Å². The molecule has 0 radical (unpaired) electrons. The quantitative estimate of drug-likeness (QED) is 0.0885. The summed E-state index contributed by atoms with van der Waals surface area (Å²) in [5.74, 6) is 1.00. The zero-order chi connectivity index (χ0) is 32.9. The Morgan fingerprint density at radius 3 is 1.59 bits per heavy atom. The van der Waals surface area contributed by atoms with Crippen molar-refractivity contribution in [1.82, 2.24) is 0 Å². The molecule has 0 spiro atoms. The lowest BCUT2D eigenvalue weighted by atomic mass is 9.83. The van der Waals surface area contributed by atoms with Crippen LogP contribution >= 0.6 is 0 Å². The molecule has 4 rings (SSSR count). The predicted octanol–water partition coefficient (Wildman–Crippen LogP) is 9.46. The number of benzene rings is 4. The fourth-order valence-electron chi connectivity index (χ4n) is 6.43. The second-order valence-electron chi connectivity index (χ2n) is 11.7. The van der Waals surface area contributed by atoms with Crippen molar-refractivity contribution >= 4 is 22.7 Å². The third kappa shape index (κ3) is 8.57. The zero-order valence-corrected chi connectivity index (χ0v) is 29.4. The molecule has 0 heterocycles. The normalized spacial score (nSPS) is 11.0. The van der Waals surface area contributed by atoms with E-state index >= 15 is 0 Å². The molecule has 5 nitrogen and oxygen atoms in total. The number of hydrogen-bond acceptors (Lipinski definition) is 5. The van der Waals surface area contributed by atoms with Crippen molar-refractivity contribution in [2.24, 2.45) is 0 Å². The fourth-order valence-corrected chi connectivity index (χ4v) is 6.43. The molecule has 4 aromatic rings. The minimum atomic E-state index is 0.0941. The summed E-state index contributed by atoms with van der Waals surface area (Å²) in [5, 5.41) is 3.78. The van der Waals surface area contributed by atoms with Crippen molar-refractivity contribution in [1.29, 1.82) is 0 Å². The van der Waals surface area contributed by atoms with Gasteiger partial charge in [-0.15, -0.1) is 0 Å². The summed E-state index contributed by atoms with van der Waals surface area (Å²) in [5.41, 5.74) is 10.1. The highest BCUT2D eigenvalue weighted by atomic mass is 16.5. The van der Waals surface area contributed by atoms with Crippen molar-refractivity contribution in [3.05, 3.63) is 113 Å². The third-order valence-corrected chi connectivity index (χ3v) is 9.18. The van der Waals surface area contributed by atoms with Crippen LogP contribution in [0.25, 0.3) is 0 Å². The molecule has 4 aromatic carbocycles. The van der Waals surface area contributed by atoms with Crippen LogP contribution in [0, 0.1) is 0 Å². The Morgan fingerprint density at radius 1 is 0.565 bits per heavy atom. The Kier molecular flexibility index (Phi) is 13.3. The highest BCUT2D eigenvalue weighted by Crippen LogP contribution is 2.38. The Labute approximate surface area is 279 Å². The van der Waals surface area contributed by atoms with Crippen molar-refractivity contribution < 1.29 is 4.74 Å². The van der Waals surface area contributed by atoms with Gasteiger partial charge in [0.1, 0.15) is 12.4 Å². The van der Waals surface area contributed by atoms with Crippen molar-refractivity contribution in [3.63, 3.8) is 0 Å². The lowest BCUT2D eigenvalue weighted by molar-refractivity contribution is 0.333. The fraction of sp³-hybridized carbons (Fsp3) is 0.415. The Hall–Kier alpha value is -4.12. The monoisotopic (exact) mass is 620 g/mol. The molecule has 0 aliphatic rings. The summed E-state index contributed by atoms with van der Waals surface area (Å²) < 4.78 is 6.25. The number of anilines is 4. The van der Waals surface area contributed by atoms with Gasteiger partial charge in [0.25, 0.3) is 0 Å². The molecular formula is C41H56N4O. The first-order chi connectivity index (χ1) is 22.5. The molecule has 0 aliphatic carbocycles. The molecule has 0 saturated heterocycles. The van der Waals surface area contributed by atoms with E-state index in [4.69, 9.17) is 4.74 Å². The Bertz CT molecular complexity index is 1400. The van der Waals surface area contributed by atoms with Gasteiger partial charge in [0.15, 0.2) is 0 Å². The lowest BCUT2D eigenvalue weighted by Gasteiger charge is -2.26. The number of rotatable bonds is 18. The Balaban J connectivity index is 1.65. The highest BCUT2D eigenvalue weighted by Gasteiger charge is 2.21. The van der Waals surface area contributed by atoms with E-state index in [1.165, 1.54) is 45.0 Å². The van der Waals surface area contributed by atoms with Gasteiger partial charge in [-0.1, -0.05) is 49.4 Å². The van der Waals surface area contributed by atoms with Gasteiger partial charge in [0, 0.05) is 80.5 Å². The first-order valence-corrected chi connectivity index (χ1v) is 17.5. The zero-order valence-electron chi connectivity index (χ0n) is 29.4. The van der Waals surface area contributed by atoms with Crippen LogP contribution in [0.2, 0.25) is 0 Å². The molecule has 0 saturated carbocycles. The number of hydrogen-bond donors (Lipinski definition) is 1. The Morgan fingerprint density at radius 2 is 1.09 bits per heavy atom. The lowest BCUT2D eigenvalue weighted by Crippen LogP contribution is -2.22. The minimum Gasteiger partial charge on any atom is -0.492 e. The number of nitrogens with one attached hydrogen (secondary N) is 1. The number of aryl methyl sites for hydroxylation is 1. The highest BCUT2D eigenvalue weighted by molar-refractivity contribution is 5.62. The molecule has 0 atom stereocenters. The maximum atomic E-state index is 6.25. The number of nitrogens with zero attached hydrogens (tertiary/aromatic N) is 3.